The molecule has 0 saturated heterocycles. The normalized spacial score (nSPS) is 12.4. The maximum atomic E-state index is 13.5. The first-order valence-electron chi connectivity index (χ1n) is 5.97. The maximum Gasteiger partial charge on any atom is 0.306 e. The number of nitrogens with zero attached hydrogens (tertiary/aromatic N) is 1. The molecule has 0 bridgehead atoms. The second-order valence-electron chi connectivity index (χ2n) is 5.25. The highest BCUT2D eigenvalue weighted by Gasteiger charge is 2.30. The predicted molar refractivity (Wildman–Crippen MR) is 74.1 cm³/mol. The average Bonchev–Trinajstić information content (AvgIpc) is 2.25. The first-order valence-corrected chi connectivity index (χ1v) is 7.46. The van der Waals surface area contributed by atoms with Crippen molar-refractivity contribution in [3.05, 3.63) is 33.6 Å². The van der Waals surface area contributed by atoms with Crippen LogP contribution in [0.1, 0.15) is 19.4 Å². The number of benzene rings is 1. The summed E-state index contributed by atoms with van der Waals surface area (Å²) in [4.78, 5) is 9.43. The summed E-state index contributed by atoms with van der Waals surface area (Å²) >= 11 is 0. The van der Waals surface area contributed by atoms with Gasteiger partial charge in [0, 0.05) is 13.2 Å². The second kappa shape index (κ2) is 6.04. The zero-order valence-electron chi connectivity index (χ0n) is 12.1. The minimum atomic E-state index is -4.04. The fraction of sp³-hybridized carbons (Fsp3) is 0.500. The average molecular weight is 320 g/mol. The molecule has 0 unspecified atom stereocenters. The smallest absolute Gasteiger partial charge is 0.306 e. The van der Waals surface area contributed by atoms with E-state index in [0.29, 0.717) is 0 Å². The largest absolute Gasteiger partial charge is 0.383 e. The molecule has 0 amide bonds. The number of halogens is 1. The van der Waals surface area contributed by atoms with E-state index in [0.717, 1.165) is 12.1 Å². The van der Waals surface area contributed by atoms with Crippen molar-refractivity contribution in [1.29, 1.82) is 0 Å². The second-order valence-corrected chi connectivity index (χ2v) is 6.90. The lowest BCUT2D eigenvalue weighted by molar-refractivity contribution is -0.387. The van der Waals surface area contributed by atoms with E-state index in [4.69, 9.17) is 4.74 Å². The standard InChI is InChI=1S/C12H17FN2O5S/c1-8-5-9(13)10(15(16)17)6-11(8)21(18,19)14-12(2,3)7-20-4/h5-6,14H,7H2,1-4H3. The molecule has 7 nitrogen and oxygen atoms in total. The van der Waals surface area contributed by atoms with Crippen LogP contribution in [0.2, 0.25) is 0 Å². The van der Waals surface area contributed by atoms with E-state index in [1.807, 2.05) is 0 Å². The van der Waals surface area contributed by atoms with E-state index in [2.05, 4.69) is 4.72 Å². The van der Waals surface area contributed by atoms with Crippen molar-refractivity contribution in [3.8, 4) is 0 Å². The van der Waals surface area contributed by atoms with Crippen molar-refractivity contribution < 1.29 is 22.5 Å². The van der Waals surface area contributed by atoms with E-state index < -0.39 is 32.0 Å². The van der Waals surface area contributed by atoms with Crippen molar-refractivity contribution in [2.75, 3.05) is 13.7 Å². The topological polar surface area (TPSA) is 98.5 Å². The Kier molecular flexibility index (Phi) is 5.03. The lowest BCUT2D eigenvalue weighted by atomic mass is 10.1. The van der Waals surface area contributed by atoms with E-state index in [-0.39, 0.29) is 17.1 Å². The summed E-state index contributed by atoms with van der Waals surface area (Å²) < 4.78 is 45.4. The lowest BCUT2D eigenvalue weighted by Crippen LogP contribution is -2.46. The number of nitrogens with one attached hydrogen (secondary N) is 1. The highest BCUT2D eigenvalue weighted by Crippen LogP contribution is 2.26. The Balaban J connectivity index is 3.32. The quantitative estimate of drug-likeness (QED) is 0.636. The minimum absolute atomic E-state index is 0.0822. The van der Waals surface area contributed by atoms with Gasteiger partial charge in [-0.25, -0.2) is 13.1 Å². The van der Waals surface area contributed by atoms with Crippen LogP contribution in [0.4, 0.5) is 10.1 Å². The lowest BCUT2D eigenvalue weighted by Gasteiger charge is -2.25. The Morgan fingerprint density at radius 3 is 2.48 bits per heavy atom. The molecule has 0 atom stereocenters. The molecule has 1 aromatic rings. The number of rotatable bonds is 6. The third-order valence-electron chi connectivity index (χ3n) is 2.65. The fourth-order valence-corrected chi connectivity index (χ4v) is 3.53. The molecule has 0 spiro atoms. The monoisotopic (exact) mass is 320 g/mol. The van der Waals surface area contributed by atoms with E-state index >= 15 is 0 Å². The summed E-state index contributed by atoms with van der Waals surface area (Å²) in [7, 11) is -2.62. The van der Waals surface area contributed by atoms with Crippen LogP contribution in [0.25, 0.3) is 0 Å². The Bertz CT molecular complexity index is 658. The van der Waals surface area contributed by atoms with E-state index in [1.54, 1.807) is 13.8 Å². The highest BCUT2D eigenvalue weighted by molar-refractivity contribution is 7.89. The Hall–Kier alpha value is -1.58. The molecule has 0 heterocycles. The number of nitro groups is 1. The third-order valence-corrected chi connectivity index (χ3v) is 4.49. The van der Waals surface area contributed by atoms with E-state index in [9.17, 15) is 22.9 Å². The summed E-state index contributed by atoms with van der Waals surface area (Å²) in [5.41, 5.74) is -1.72. The molecule has 0 aliphatic carbocycles. The van der Waals surface area contributed by atoms with Crippen molar-refractivity contribution in [2.45, 2.75) is 31.2 Å². The molecule has 0 saturated carbocycles. The van der Waals surface area contributed by atoms with Crippen LogP contribution in [0.5, 0.6) is 0 Å². The molecule has 0 fully saturated rings. The molecule has 0 aliphatic heterocycles. The molecule has 0 aromatic heterocycles. The fourth-order valence-electron chi connectivity index (χ4n) is 1.88. The van der Waals surface area contributed by atoms with Gasteiger partial charge < -0.3 is 4.74 Å². The Morgan fingerprint density at radius 1 is 1.43 bits per heavy atom. The summed E-state index contributed by atoms with van der Waals surface area (Å²) in [6.07, 6.45) is 0. The van der Waals surface area contributed by atoms with Crippen LogP contribution >= 0.6 is 0 Å². The molecule has 0 aliphatic rings. The Morgan fingerprint density at radius 2 is 2.00 bits per heavy atom. The van der Waals surface area contributed by atoms with Crippen molar-refractivity contribution in [1.82, 2.24) is 4.72 Å². The first-order chi connectivity index (χ1) is 9.50. The number of nitro benzene ring substituents is 1. The molecule has 1 N–H and O–H groups in total. The molecular weight excluding hydrogens is 303 g/mol. The van der Waals surface area contributed by atoms with Gasteiger partial charge in [0.25, 0.3) is 0 Å². The van der Waals surface area contributed by atoms with Gasteiger partial charge >= 0.3 is 5.69 Å². The van der Waals surface area contributed by atoms with Crippen LogP contribution in [-0.2, 0) is 14.8 Å². The first kappa shape index (κ1) is 17.5. The van der Waals surface area contributed by atoms with Crippen molar-refractivity contribution in [3.63, 3.8) is 0 Å². The van der Waals surface area contributed by atoms with Gasteiger partial charge in [-0.05, 0) is 32.4 Å². The van der Waals surface area contributed by atoms with Crippen LogP contribution in [0, 0.1) is 22.9 Å². The van der Waals surface area contributed by atoms with Crippen LogP contribution in [0.15, 0.2) is 17.0 Å². The molecule has 118 valence electrons. The maximum absolute atomic E-state index is 13.5. The number of methoxy groups -OCH3 is 1. The van der Waals surface area contributed by atoms with Crippen LogP contribution in [0.3, 0.4) is 0 Å². The van der Waals surface area contributed by atoms with Gasteiger partial charge in [-0.15, -0.1) is 0 Å². The van der Waals surface area contributed by atoms with Gasteiger partial charge in [0.15, 0.2) is 0 Å². The van der Waals surface area contributed by atoms with Crippen molar-refractivity contribution >= 4 is 15.7 Å². The third kappa shape index (κ3) is 4.19. The van der Waals surface area contributed by atoms with E-state index in [1.165, 1.54) is 14.0 Å². The summed E-state index contributed by atoms with van der Waals surface area (Å²) in [6, 6.07) is 1.55. The predicted octanol–water partition coefficient (Wildman–Crippen LogP) is 1.75. The van der Waals surface area contributed by atoms with Crippen LogP contribution in [-0.4, -0.2) is 32.6 Å². The van der Waals surface area contributed by atoms with Crippen molar-refractivity contribution in [2.24, 2.45) is 0 Å². The van der Waals surface area contributed by atoms with Gasteiger partial charge in [-0.2, -0.15) is 4.39 Å². The molecule has 9 heteroatoms. The van der Waals surface area contributed by atoms with Gasteiger partial charge in [0.05, 0.1) is 22.0 Å². The zero-order valence-corrected chi connectivity index (χ0v) is 13.0. The molecule has 1 rings (SSSR count). The molecular formula is C12H17FN2O5S. The molecule has 21 heavy (non-hydrogen) atoms. The number of aryl methyl sites for hydroxylation is 1. The number of hydrogen-bond acceptors (Lipinski definition) is 5. The number of sulfonamides is 1. The molecule has 1 aromatic carbocycles. The van der Waals surface area contributed by atoms with Gasteiger partial charge in [-0.3, -0.25) is 10.1 Å². The SMILES string of the molecule is COCC(C)(C)NS(=O)(=O)c1cc([N+](=O)[O-])c(F)cc1C. The number of ether oxygens (including phenoxy) is 1. The van der Waals surface area contributed by atoms with Gasteiger partial charge in [0.1, 0.15) is 0 Å². The zero-order chi connectivity index (χ0) is 16.4. The Labute approximate surface area is 122 Å². The summed E-state index contributed by atoms with van der Waals surface area (Å²) in [5, 5.41) is 10.7. The molecule has 0 radical (unpaired) electrons. The minimum Gasteiger partial charge on any atom is -0.383 e. The van der Waals surface area contributed by atoms with Gasteiger partial charge in [-0.1, -0.05) is 0 Å². The van der Waals surface area contributed by atoms with Gasteiger partial charge in [0.2, 0.25) is 15.8 Å². The highest BCUT2D eigenvalue weighted by atomic mass is 32.2. The number of hydrogen-bond donors (Lipinski definition) is 1. The summed E-state index contributed by atoms with van der Waals surface area (Å²) in [6.45, 7) is 4.67. The van der Waals surface area contributed by atoms with Crippen LogP contribution < -0.4 is 4.72 Å². The summed E-state index contributed by atoms with van der Waals surface area (Å²) in [5.74, 6) is -1.08.